The van der Waals surface area contributed by atoms with Crippen LogP contribution in [0.25, 0.3) is 11.0 Å². The number of hydrogen-bond acceptors (Lipinski definition) is 4. The highest BCUT2D eigenvalue weighted by atomic mass is 16.1. The zero-order valence-corrected chi connectivity index (χ0v) is 14.0. The monoisotopic (exact) mass is 315 g/mol. The molecule has 3 atom stereocenters. The number of H-pyrrole nitrogens is 1. The van der Waals surface area contributed by atoms with Gasteiger partial charge in [-0.1, -0.05) is 13.3 Å². The molecule has 6 heteroatoms. The van der Waals surface area contributed by atoms with Gasteiger partial charge in [0.15, 0.2) is 5.65 Å². The molecule has 2 aromatic rings. The molecule has 2 aliphatic rings. The van der Waals surface area contributed by atoms with Gasteiger partial charge in [0.05, 0.1) is 12.7 Å². The third-order valence-corrected chi connectivity index (χ3v) is 5.75. The van der Waals surface area contributed by atoms with E-state index in [4.69, 9.17) is 0 Å². The number of hydrogen-bond donors (Lipinski definition) is 1. The lowest BCUT2D eigenvalue weighted by atomic mass is 9.73. The molecule has 0 unspecified atom stereocenters. The number of fused-ring (bicyclic) bond motifs is 2. The summed E-state index contributed by atoms with van der Waals surface area (Å²) in [5.74, 6) is 2.32. The van der Waals surface area contributed by atoms with Crippen molar-refractivity contribution in [3.63, 3.8) is 0 Å². The molecular formula is C17H25N5O. The molecule has 6 nitrogen and oxygen atoms in total. The highest BCUT2D eigenvalue weighted by Gasteiger charge is 2.37. The Hall–Kier alpha value is -1.69. The molecular weight excluding hydrogens is 290 g/mol. The van der Waals surface area contributed by atoms with Crippen molar-refractivity contribution in [3.8, 4) is 0 Å². The van der Waals surface area contributed by atoms with Gasteiger partial charge in [0, 0.05) is 13.1 Å². The fraction of sp³-hybridized carbons (Fsp3) is 0.706. The average Bonchev–Trinajstić information content (AvgIpc) is 2.90. The Morgan fingerprint density at radius 1 is 1.30 bits per heavy atom. The Morgan fingerprint density at radius 2 is 2.13 bits per heavy atom. The fourth-order valence-electron chi connectivity index (χ4n) is 4.72. The van der Waals surface area contributed by atoms with Crippen LogP contribution in [-0.4, -0.2) is 37.2 Å². The van der Waals surface area contributed by atoms with Crippen molar-refractivity contribution >= 4 is 11.0 Å². The van der Waals surface area contributed by atoms with Crippen molar-refractivity contribution in [1.29, 1.82) is 0 Å². The molecule has 1 saturated carbocycles. The first-order chi connectivity index (χ1) is 11.1. The molecule has 3 heterocycles. The predicted octanol–water partition coefficient (Wildman–Crippen LogP) is 2.06. The van der Waals surface area contributed by atoms with Gasteiger partial charge >= 0.3 is 0 Å². The molecule has 2 fully saturated rings. The van der Waals surface area contributed by atoms with Crippen LogP contribution >= 0.6 is 0 Å². The smallest absolute Gasteiger partial charge is 0.262 e. The summed E-state index contributed by atoms with van der Waals surface area (Å²) >= 11 is 0. The molecule has 0 bridgehead atoms. The van der Waals surface area contributed by atoms with Gasteiger partial charge in [0.1, 0.15) is 11.2 Å². The molecule has 0 aromatic carbocycles. The molecule has 0 amide bonds. The normalized spacial score (nSPS) is 28.9. The van der Waals surface area contributed by atoms with Crippen molar-refractivity contribution in [2.24, 2.45) is 18.9 Å². The molecule has 124 valence electrons. The second kappa shape index (κ2) is 5.74. The van der Waals surface area contributed by atoms with E-state index in [0.717, 1.165) is 30.7 Å². The molecule has 2 aromatic heterocycles. The summed E-state index contributed by atoms with van der Waals surface area (Å²) < 4.78 is 1.68. The second-order valence-electron chi connectivity index (χ2n) is 7.29. The van der Waals surface area contributed by atoms with Crippen LogP contribution in [0.15, 0.2) is 11.0 Å². The maximum absolute atomic E-state index is 12.2. The Balaban J connectivity index is 1.64. The first kappa shape index (κ1) is 14.9. The van der Waals surface area contributed by atoms with Crippen LogP contribution in [0.5, 0.6) is 0 Å². The number of aromatic amines is 1. The molecule has 1 N–H and O–H groups in total. The molecule has 1 aliphatic heterocycles. The van der Waals surface area contributed by atoms with E-state index in [9.17, 15) is 4.79 Å². The number of rotatable bonds is 2. The first-order valence-corrected chi connectivity index (χ1v) is 8.78. The molecule has 1 saturated heterocycles. The van der Waals surface area contributed by atoms with Crippen LogP contribution in [0, 0.1) is 11.8 Å². The minimum absolute atomic E-state index is 0.0802. The summed E-state index contributed by atoms with van der Waals surface area (Å²) in [6.45, 7) is 4.23. The van der Waals surface area contributed by atoms with Gasteiger partial charge in [0.2, 0.25) is 0 Å². The second-order valence-corrected chi connectivity index (χ2v) is 7.29. The lowest BCUT2D eigenvalue weighted by Gasteiger charge is -2.47. The largest absolute Gasteiger partial charge is 0.309 e. The highest BCUT2D eigenvalue weighted by Crippen LogP contribution is 2.38. The topological polar surface area (TPSA) is 66.8 Å². The lowest BCUT2D eigenvalue weighted by Crippen LogP contribution is -2.50. The van der Waals surface area contributed by atoms with E-state index in [2.05, 4.69) is 26.9 Å². The molecule has 0 radical (unpaired) electrons. The van der Waals surface area contributed by atoms with E-state index in [0.29, 0.717) is 17.1 Å². The Labute approximate surface area is 135 Å². The van der Waals surface area contributed by atoms with Crippen molar-refractivity contribution in [2.45, 2.75) is 51.6 Å². The molecule has 1 aliphatic carbocycles. The lowest BCUT2D eigenvalue weighted by molar-refractivity contribution is 0.0179. The van der Waals surface area contributed by atoms with Gasteiger partial charge in [0.25, 0.3) is 5.56 Å². The van der Waals surface area contributed by atoms with Crippen LogP contribution in [-0.2, 0) is 13.6 Å². The third-order valence-electron chi connectivity index (χ3n) is 5.75. The van der Waals surface area contributed by atoms with E-state index >= 15 is 0 Å². The zero-order chi connectivity index (χ0) is 16.0. The summed E-state index contributed by atoms with van der Waals surface area (Å²) in [6.07, 6.45) is 8.25. The van der Waals surface area contributed by atoms with Gasteiger partial charge in [-0.2, -0.15) is 5.10 Å². The van der Waals surface area contributed by atoms with Crippen molar-refractivity contribution in [1.82, 2.24) is 24.6 Å². The minimum Gasteiger partial charge on any atom is -0.309 e. The molecule has 0 spiro atoms. The van der Waals surface area contributed by atoms with Crippen LogP contribution < -0.4 is 5.56 Å². The maximum atomic E-state index is 12.2. The van der Waals surface area contributed by atoms with Crippen molar-refractivity contribution in [2.75, 3.05) is 6.54 Å². The van der Waals surface area contributed by atoms with Crippen LogP contribution in [0.2, 0.25) is 0 Å². The third kappa shape index (κ3) is 2.59. The predicted molar refractivity (Wildman–Crippen MR) is 89.1 cm³/mol. The SMILES string of the molecule is C[C@@H]1CCC[C@@H]2CCCN(Cc3nc4c(cnn4C)c(=O)[nH]3)[C@@H]21. The van der Waals surface area contributed by atoms with Gasteiger partial charge in [-0.25, -0.2) is 4.98 Å². The number of nitrogens with zero attached hydrogens (tertiary/aromatic N) is 4. The van der Waals surface area contributed by atoms with Gasteiger partial charge in [-0.05, 0) is 44.1 Å². The molecule has 23 heavy (non-hydrogen) atoms. The Kier molecular flexibility index (Phi) is 3.71. The molecule has 4 rings (SSSR count). The number of piperidine rings is 1. The summed E-state index contributed by atoms with van der Waals surface area (Å²) in [7, 11) is 1.83. The fourth-order valence-corrected chi connectivity index (χ4v) is 4.72. The zero-order valence-electron chi connectivity index (χ0n) is 14.0. The highest BCUT2D eigenvalue weighted by molar-refractivity contribution is 5.72. The average molecular weight is 315 g/mol. The first-order valence-electron chi connectivity index (χ1n) is 8.78. The van der Waals surface area contributed by atoms with E-state index in [-0.39, 0.29) is 5.56 Å². The van der Waals surface area contributed by atoms with E-state index in [1.54, 1.807) is 10.9 Å². The quantitative estimate of drug-likeness (QED) is 0.921. The van der Waals surface area contributed by atoms with E-state index in [1.807, 2.05) is 7.05 Å². The number of aromatic nitrogens is 4. The van der Waals surface area contributed by atoms with Crippen molar-refractivity contribution in [3.05, 3.63) is 22.4 Å². The number of nitrogens with one attached hydrogen (secondary N) is 1. The standard InChI is InChI=1S/C17H25N5O/c1-11-5-3-6-12-7-4-8-22(15(11)12)10-14-19-16-13(17(23)20-14)9-18-21(16)2/h9,11-12,15H,3-8,10H2,1-2H3,(H,19,20,23)/t11-,12-,15-/m1/s1. The minimum atomic E-state index is -0.0802. The van der Waals surface area contributed by atoms with Crippen molar-refractivity contribution < 1.29 is 0 Å². The summed E-state index contributed by atoms with van der Waals surface area (Å²) in [6, 6.07) is 0.644. The van der Waals surface area contributed by atoms with Gasteiger partial charge < -0.3 is 4.98 Å². The summed E-state index contributed by atoms with van der Waals surface area (Å²) in [5, 5.41) is 4.71. The van der Waals surface area contributed by atoms with Crippen LogP contribution in [0.1, 0.15) is 44.9 Å². The Morgan fingerprint density at radius 3 is 3.00 bits per heavy atom. The van der Waals surface area contributed by atoms with Crippen LogP contribution in [0.4, 0.5) is 0 Å². The maximum Gasteiger partial charge on any atom is 0.262 e. The summed E-state index contributed by atoms with van der Waals surface area (Å²) in [5.41, 5.74) is 0.595. The van der Waals surface area contributed by atoms with Gasteiger partial charge in [-0.3, -0.25) is 14.4 Å². The number of aryl methyl sites for hydroxylation is 1. The van der Waals surface area contributed by atoms with Gasteiger partial charge in [-0.15, -0.1) is 0 Å². The number of likely N-dealkylation sites (tertiary alicyclic amines) is 1. The summed E-state index contributed by atoms with van der Waals surface area (Å²) in [4.78, 5) is 22.4. The van der Waals surface area contributed by atoms with E-state index in [1.165, 1.54) is 32.1 Å². The van der Waals surface area contributed by atoms with E-state index < -0.39 is 0 Å². The Bertz CT molecular complexity index is 762. The van der Waals surface area contributed by atoms with Crippen LogP contribution in [0.3, 0.4) is 0 Å².